The highest BCUT2D eigenvalue weighted by molar-refractivity contribution is 5.90. The van der Waals surface area contributed by atoms with Crippen molar-refractivity contribution in [2.45, 2.75) is 26.9 Å². The second-order valence-corrected chi connectivity index (χ2v) is 8.78. The minimum absolute atomic E-state index is 0.195. The third kappa shape index (κ3) is 3.50. The van der Waals surface area contributed by atoms with Crippen LogP contribution in [0.1, 0.15) is 20.8 Å². The Hall–Kier alpha value is -2.82. The van der Waals surface area contributed by atoms with Gasteiger partial charge in [-0.25, -0.2) is 9.18 Å². The number of nitrogens with one attached hydrogen (secondary N) is 1. The lowest BCUT2D eigenvalue weighted by Gasteiger charge is -2.26. The number of fused-ring (bicyclic) bond motifs is 1. The summed E-state index contributed by atoms with van der Waals surface area (Å²) in [6, 6.07) is 7.18. The molecule has 2 saturated heterocycles. The molecule has 0 radical (unpaired) electrons. The Morgan fingerprint density at radius 1 is 1.34 bits per heavy atom. The molecule has 154 valence electrons. The van der Waals surface area contributed by atoms with Crippen molar-refractivity contribution in [2.75, 3.05) is 36.0 Å². The van der Waals surface area contributed by atoms with Crippen molar-refractivity contribution in [3.05, 3.63) is 24.0 Å². The van der Waals surface area contributed by atoms with E-state index >= 15 is 0 Å². The number of rotatable bonds is 5. The number of piperidine rings is 1. The first kappa shape index (κ1) is 19.5. The maximum absolute atomic E-state index is 14.8. The van der Waals surface area contributed by atoms with Crippen molar-refractivity contribution in [1.29, 1.82) is 5.26 Å². The third-order valence-corrected chi connectivity index (χ3v) is 6.35. The van der Waals surface area contributed by atoms with Crippen LogP contribution in [0, 0.1) is 40.3 Å². The Labute approximate surface area is 169 Å². The van der Waals surface area contributed by atoms with Crippen molar-refractivity contribution in [2.24, 2.45) is 23.2 Å². The normalized spacial score (nSPS) is 28.0. The predicted molar refractivity (Wildman–Crippen MR) is 105 cm³/mol. The molecule has 2 amide bonds. The molecule has 1 aliphatic carbocycles. The van der Waals surface area contributed by atoms with Crippen LogP contribution < -0.4 is 15.1 Å². The Morgan fingerprint density at radius 3 is 2.62 bits per heavy atom. The van der Waals surface area contributed by atoms with Gasteiger partial charge < -0.3 is 15.0 Å². The van der Waals surface area contributed by atoms with Gasteiger partial charge in [0.2, 0.25) is 5.91 Å². The first-order chi connectivity index (χ1) is 13.7. The van der Waals surface area contributed by atoms with Gasteiger partial charge in [0.05, 0.1) is 35.9 Å². The molecule has 3 aliphatic rings. The predicted octanol–water partition coefficient (Wildman–Crippen LogP) is 2.52. The summed E-state index contributed by atoms with van der Waals surface area (Å²) in [5.41, 5.74) is 0.625. The van der Waals surface area contributed by atoms with Gasteiger partial charge in [0.1, 0.15) is 11.9 Å². The minimum atomic E-state index is -0.545. The summed E-state index contributed by atoms with van der Waals surface area (Å²) in [6.45, 7) is 7.34. The zero-order valence-electron chi connectivity index (χ0n) is 16.8. The first-order valence-corrected chi connectivity index (χ1v) is 9.89. The topological polar surface area (TPSA) is 85.7 Å². The van der Waals surface area contributed by atoms with E-state index in [1.54, 1.807) is 12.1 Å². The van der Waals surface area contributed by atoms with Crippen LogP contribution in [-0.2, 0) is 9.53 Å². The molecule has 2 unspecified atom stereocenters. The lowest BCUT2D eigenvalue weighted by molar-refractivity contribution is -0.119. The molecule has 1 N–H and O–H groups in total. The van der Waals surface area contributed by atoms with Gasteiger partial charge in [-0.3, -0.25) is 9.69 Å². The van der Waals surface area contributed by atoms with E-state index in [-0.39, 0.29) is 30.2 Å². The molecule has 1 saturated carbocycles. The molecule has 3 atom stereocenters. The van der Waals surface area contributed by atoms with Crippen molar-refractivity contribution in [3.8, 4) is 6.07 Å². The van der Waals surface area contributed by atoms with Crippen LogP contribution in [0.25, 0.3) is 0 Å². The largest absolute Gasteiger partial charge is 0.442 e. The van der Waals surface area contributed by atoms with Crippen LogP contribution in [0.2, 0.25) is 0 Å². The quantitative estimate of drug-likeness (QED) is 0.821. The van der Waals surface area contributed by atoms with Gasteiger partial charge in [0.15, 0.2) is 0 Å². The summed E-state index contributed by atoms with van der Waals surface area (Å²) in [5, 5.41) is 12.0. The van der Waals surface area contributed by atoms with E-state index in [1.165, 1.54) is 17.9 Å². The average Bonchev–Trinajstić information content (AvgIpc) is 3.00. The van der Waals surface area contributed by atoms with E-state index in [4.69, 9.17) is 4.74 Å². The number of nitriles is 1. The maximum atomic E-state index is 14.8. The van der Waals surface area contributed by atoms with Crippen LogP contribution >= 0.6 is 0 Å². The summed E-state index contributed by atoms with van der Waals surface area (Å²) in [5.74, 6) is 0.682. The Bertz CT molecular complexity index is 884. The molecule has 0 spiro atoms. The number of ether oxygens (including phenoxy) is 1. The number of nitrogens with zero attached hydrogens (tertiary/aromatic N) is 3. The number of hydrogen-bond donors (Lipinski definition) is 1. The number of amides is 2. The van der Waals surface area contributed by atoms with Gasteiger partial charge >= 0.3 is 6.09 Å². The lowest BCUT2D eigenvalue weighted by atomic mass is 9.86. The van der Waals surface area contributed by atoms with Crippen molar-refractivity contribution < 1.29 is 18.7 Å². The van der Waals surface area contributed by atoms with Crippen LogP contribution in [0.4, 0.5) is 20.6 Å². The van der Waals surface area contributed by atoms with E-state index < -0.39 is 12.2 Å². The zero-order chi connectivity index (χ0) is 20.9. The highest BCUT2D eigenvalue weighted by Gasteiger charge is 2.61. The van der Waals surface area contributed by atoms with Crippen LogP contribution in [0.5, 0.6) is 0 Å². The Morgan fingerprint density at radius 2 is 2.03 bits per heavy atom. The van der Waals surface area contributed by atoms with Gasteiger partial charge in [-0.05, 0) is 49.8 Å². The summed E-state index contributed by atoms with van der Waals surface area (Å²) in [6.07, 6.45) is -1.00. The van der Waals surface area contributed by atoms with E-state index in [9.17, 15) is 19.2 Å². The van der Waals surface area contributed by atoms with Crippen molar-refractivity contribution >= 4 is 23.4 Å². The van der Waals surface area contributed by atoms with E-state index in [0.29, 0.717) is 29.1 Å². The molecule has 8 heteroatoms. The van der Waals surface area contributed by atoms with Gasteiger partial charge in [0.25, 0.3) is 0 Å². The molecular weight excluding hydrogens is 375 g/mol. The van der Waals surface area contributed by atoms with Crippen molar-refractivity contribution in [3.63, 3.8) is 0 Å². The second-order valence-electron chi connectivity index (χ2n) is 8.78. The standard InChI is InChI=1S/C21H25FN4O3/c1-12(27)24-7-14-8-26(20(28)29-14)13-4-5-18(17(22)6-13)25-9-15-16(10-25)19(15)21(2,3)11-23/h4-6,14-16,19H,7-10H2,1-3H3,(H,24,27)/t14-,15?,16?,19?/m0/s1. The molecular formula is C21H25FN4O3. The summed E-state index contributed by atoms with van der Waals surface area (Å²) < 4.78 is 20.1. The van der Waals surface area contributed by atoms with Gasteiger partial charge in [-0.1, -0.05) is 0 Å². The minimum Gasteiger partial charge on any atom is -0.442 e. The molecule has 2 heterocycles. The molecule has 29 heavy (non-hydrogen) atoms. The number of hydrogen-bond acceptors (Lipinski definition) is 5. The Balaban J connectivity index is 1.41. The van der Waals surface area contributed by atoms with E-state index in [2.05, 4.69) is 11.4 Å². The fraction of sp³-hybridized carbons (Fsp3) is 0.571. The third-order valence-electron chi connectivity index (χ3n) is 6.35. The van der Waals surface area contributed by atoms with Crippen LogP contribution in [0.15, 0.2) is 18.2 Å². The molecule has 1 aromatic carbocycles. The summed E-state index contributed by atoms with van der Waals surface area (Å²) in [7, 11) is 0. The zero-order valence-corrected chi connectivity index (χ0v) is 16.8. The number of cyclic esters (lactones) is 1. The van der Waals surface area contributed by atoms with Gasteiger partial charge in [0, 0.05) is 20.0 Å². The maximum Gasteiger partial charge on any atom is 0.414 e. The molecule has 0 bridgehead atoms. The number of anilines is 2. The van der Waals surface area contributed by atoms with Crippen LogP contribution in [-0.4, -0.2) is 44.3 Å². The average molecular weight is 400 g/mol. The van der Waals surface area contributed by atoms with E-state index in [1.807, 2.05) is 18.7 Å². The fourth-order valence-corrected chi connectivity index (χ4v) is 4.88. The molecule has 3 fully saturated rings. The fourth-order valence-electron chi connectivity index (χ4n) is 4.88. The molecule has 7 nitrogen and oxygen atoms in total. The summed E-state index contributed by atoms with van der Waals surface area (Å²) >= 11 is 0. The van der Waals surface area contributed by atoms with Crippen molar-refractivity contribution in [1.82, 2.24) is 5.32 Å². The lowest BCUT2D eigenvalue weighted by Crippen LogP contribution is -2.33. The monoisotopic (exact) mass is 400 g/mol. The number of carbonyl (C=O) groups excluding carboxylic acids is 2. The van der Waals surface area contributed by atoms with Gasteiger partial charge in [-0.2, -0.15) is 5.26 Å². The van der Waals surface area contributed by atoms with Crippen LogP contribution in [0.3, 0.4) is 0 Å². The SMILES string of the molecule is CC(=O)NC[C@H]1CN(c2ccc(N3CC4C(C3)C4C(C)(C)C#N)c(F)c2)C(=O)O1. The molecule has 4 rings (SSSR count). The Kier molecular flexibility index (Phi) is 4.64. The number of halogens is 1. The molecule has 2 aliphatic heterocycles. The second kappa shape index (κ2) is 6.90. The highest BCUT2D eigenvalue weighted by atomic mass is 19.1. The first-order valence-electron chi connectivity index (χ1n) is 9.89. The smallest absolute Gasteiger partial charge is 0.414 e. The van der Waals surface area contributed by atoms with Gasteiger partial charge in [-0.15, -0.1) is 0 Å². The highest BCUT2D eigenvalue weighted by Crippen LogP contribution is 2.60. The summed E-state index contributed by atoms with van der Waals surface area (Å²) in [4.78, 5) is 26.6. The number of benzene rings is 1. The van der Waals surface area contributed by atoms with E-state index in [0.717, 1.165) is 13.1 Å². The number of carbonyl (C=O) groups is 2. The molecule has 1 aromatic rings. The molecule has 0 aromatic heterocycles.